The van der Waals surface area contributed by atoms with Gasteiger partial charge in [-0.05, 0) is 59.8 Å². The number of rotatable bonds is 2. The topological polar surface area (TPSA) is 65.5 Å². The van der Waals surface area contributed by atoms with Crippen LogP contribution in [0.25, 0.3) is 10.8 Å². The number of nitrogens with zero attached hydrogens (tertiary/aromatic N) is 1. The number of hydrogen-bond donors (Lipinski definition) is 0. The van der Waals surface area contributed by atoms with Gasteiger partial charge in [-0.3, -0.25) is 14.6 Å². The van der Waals surface area contributed by atoms with Crippen molar-refractivity contribution in [2.45, 2.75) is 70.5 Å². The minimum Gasteiger partial charge on any atom is -0.489 e. The first-order valence-electron chi connectivity index (χ1n) is 12.1. The summed E-state index contributed by atoms with van der Waals surface area (Å²) in [6, 6.07) is 8.56. The van der Waals surface area contributed by atoms with Gasteiger partial charge in [0.1, 0.15) is 18.0 Å². The molecule has 1 aliphatic heterocycles. The maximum Gasteiger partial charge on any atom is 0.302 e. The molecule has 6 rings (SSSR count). The number of allylic oxidation sites excluding steroid dienone is 3. The Morgan fingerprint density at radius 2 is 2.06 bits per heavy atom. The van der Waals surface area contributed by atoms with Crippen LogP contribution in [0, 0.1) is 11.3 Å². The van der Waals surface area contributed by atoms with E-state index in [0.717, 1.165) is 54.2 Å². The third-order valence-electron chi connectivity index (χ3n) is 8.45. The number of carbonyl (C=O) groups excluding carboxylic acids is 2. The van der Waals surface area contributed by atoms with Crippen LogP contribution in [0.15, 0.2) is 59.6 Å². The van der Waals surface area contributed by atoms with Gasteiger partial charge in [0.25, 0.3) is 0 Å². The van der Waals surface area contributed by atoms with Gasteiger partial charge in [-0.1, -0.05) is 25.1 Å². The number of pyridine rings is 1. The second-order valence-electron chi connectivity index (χ2n) is 10.3. The molecule has 2 heterocycles. The van der Waals surface area contributed by atoms with Crippen LogP contribution in [-0.4, -0.2) is 28.9 Å². The average Bonchev–Trinajstić information content (AvgIpc) is 3.09. The van der Waals surface area contributed by atoms with Crippen LogP contribution in [0.2, 0.25) is 0 Å². The van der Waals surface area contributed by atoms with Crippen LogP contribution in [-0.2, 0) is 19.1 Å². The third-order valence-corrected chi connectivity index (χ3v) is 8.45. The molecule has 0 radical (unpaired) electrons. The summed E-state index contributed by atoms with van der Waals surface area (Å²) in [6.07, 6.45) is 10.6. The van der Waals surface area contributed by atoms with E-state index in [0.29, 0.717) is 6.42 Å². The van der Waals surface area contributed by atoms with Gasteiger partial charge in [-0.25, -0.2) is 0 Å². The number of ketones is 1. The Balaban J connectivity index is 1.41. The highest BCUT2D eigenvalue weighted by molar-refractivity contribution is 5.99. The molecule has 2 aromatic rings. The van der Waals surface area contributed by atoms with Crippen LogP contribution < -0.4 is 0 Å². The first-order chi connectivity index (χ1) is 15.9. The molecular weight excluding hydrogens is 414 g/mol. The molecule has 0 bridgehead atoms. The predicted molar refractivity (Wildman–Crippen MR) is 124 cm³/mol. The Kier molecular flexibility index (Phi) is 4.72. The van der Waals surface area contributed by atoms with E-state index in [9.17, 15) is 9.59 Å². The van der Waals surface area contributed by atoms with Gasteiger partial charge in [0.2, 0.25) is 0 Å². The lowest BCUT2D eigenvalue weighted by Gasteiger charge is -2.47. The molecule has 5 nitrogen and oxygen atoms in total. The lowest BCUT2D eigenvalue weighted by atomic mass is 9.61. The standard InChI is InChI=1S/C28H29NO4/c1-16(30)32-25-14-22-27-19(13-21-23(31)4-3-5-24(21)33-27)8-10-28(22,2)26(25)18-6-7-20-15-29-11-9-17(20)12-18/h6-7,9,11-13,15,22,25-27H,3-5,8,10,14H2,1-2H3/t22-,25?,26-,27+,28-/m0/s1. The van der Waals surface area contributed by atoms with E-state index < -0.39 is 0 Å². The Morgan fingerprint density at radius 1 is 1.18 bits per heavy atom. The monoisotopic (exact) mass is 443 g/mol. The molecule has 5 heteroatoms. The van der Waals surface area contributed by atoms with E-state index in [2.05, 4.69) is 36.2 Å². The van der Waals surface area contributed by atoms with E-state index in [1.54, 1.807) is 0 Å². The molecule has 3 aliphatic carbocycles. The van der Waals surface area contributed by atoms with Gasteiger partial charge in [0.15, 0.2) is 5.78 Å². The fraction of sp³-hybridized carbons (Fsp3) is 0.464. The zero-order chi connectivity index (χ0) is 22.7. The number of Topliss-reactive ketones (excluding diaryl/α,β-unsaturated/α-hetero) is 1. The Bertz CT molecular complexity index is 1230. The second-order valence-corrected chi connectivity index (χ2v) is 10.3. The second kappa shape index (κ2) is 7.54. The molecule has 33 heavy (non-hydrogen) atoms. The molecule has 0 spiro atoms. The van der Waals surface area contributed by atoms with Crippen molar-refractivity contribution in [3.8, 4) is 0 Å². The first kappa shape index (κ1) is 20.6. The summed E-state index contributed by atoms with van der Waals surface area (Å²) in [5, 5.41) is 2.26. The zero-order valence-corrected chi connectivity index (χ0v) is 19.2. The highest BCUT2D eigenvalue weighted by atomic mass is 16.5. The van der Waals surface area contributed by atoms with E-state index in [1.165, 1.54) is 18.1 Å². The van der Waals surface area contributed by atoms with Crippen LogP contribution in [0.4, 0.5) is 0 Å². The lowest BCUT2D eigenvalue weighted by Crippen LogP contribution is -2.43. The van der Waals surface area contributed by atoms with Gasteiger partial charge in [0, 0.05) is 49.4 Å². The molecular formula is C28H29NO4. The maximum absolute atomic E-state index is 12.5. The number of benzene rings is 1. The maximum atomic E-state index is 12.5. The number of esters is 1. The molecule has 5 atom stereocenters. The Labute approximate surface area is 193 Å². The lowest BCUT2D eigenvalue weighted by molar-refractivity contribution is -0.147. The van der Waals surface area contributed by atoms with Crippen molar-refractivity contribution >= 4 is 22.5 Å². The fourth-order valence-corrected chi connectivity index (χ4v) is 6.92. The number of ether oxygens (including phenoxy) is 2. The van der Waals surface area contributed by atoms with E-state index >= 15 is 0 Å². The van der Waals surface area contributed by atoms with Gasteiger partial charge in [-0.2, -0.15) is 0 Å². The van der Waals surface area contributed by atoms with Gasteiger partial charge >= 0.3 is 5.97 Å². The molecule has 2 fully saturated rings. The van der Waals surface area contributed by atoms with Crippen LogP contribution in [0.3, 0.4) is 0 Å². The highest BCUT2D eigenvalue weighted by Gasteiger charge is 2.59. The largest absolute Gasteiger partial charge is 0.489 e. The third kappa shape index (κ3) is 3.24. The van der Waals surface area contributed by atoms with Crippen molar-refractivity contribution in [1.29, 1.82) is 0 Å². The zero-order valence-electron chi connectivity index (χ0n) is 19.2. The molecule has 1 unspecified atom stereocenters. The normalized spacial score (nSPS) is 33.0. The molecule has 1 aromatic carbocycles. The SMILES string of the molecule is CC(=O)OC1C[C@H]2[C@@H]3OC4=C(C=C3CC[C@]2(C)[C@H]1c1ccc2cnccc2c1)C(=O)CCC4. The summed E-state index contributed by atoms with van der Waals surface area (Å²) in [6.45, 7) is 3.85. The quantitative estimate of drug-likeness (QED) is 0.581. The summed E-state index contributed by atoms with van der Waals surface area (Å²) in [7, 11) is 0. The minimum absolute atomic E-state index is 0.0406. The Hall–Kier alpha value is -2.95. The van der Waals surface area contributed by atoms with Crippen LogP contribution in [0.5, 0.6) is 0 Å². The number of aromatic nitrogens is 1. The van der Waals surface area contributed by atoms with E-state index in [4.69, 9.17) is 9.47 Å². The van der Waals surface area contributed by atoms with Crippen LogP contribution in [0.1, 0.15) is 63.9 Å². The van der Waals surface area contributed by atoms with Crippen molar-refractivity contribution in [2.75, 3.05) is 0 Å². The minimum atomic E-state index is -0.236. The molecule has 4 aliphatic rings. The summed E-state index contributed by atoms with van der Waals surface area (Å²) >= 11 is 0. The smallest absolute Gasteiger partial charge is 0.302 e. The average molecular weight is 444 g/mol. The van der Waals surface area contributed by atoms with Crippen LogP contribution >= 0.6 is 0 Å². The highest BCUT2D eigenvalue weighted by Crippen LogP contribution is 2.62. The van der Waals surface area contributed by atoms with E-state index in [-0.39, 0.29) is 41.2 Å². The van der Waals surface area contributed by atoms with Crippen molar-refractivity contribution in [3.63, 3.8) is 0 Å². The van der Waals surface area contributed by atoms with Gasteiger partial charge < -0.3 is 9.47 Å². The first-order valence-corrected chi connectivity index (χ1v) is 12.1. The van der Waals surface area contributed by atoms with Crippen molar-refractivity contribution in [1.82, 2.24) is 4.98 Å². The van der Waals surface area contributed by atoms with E-state index in [1.807, 2.05) is 18.5 Å². The molecule has 170 valence electrons. The predicted octanol–water partition coefficient (Wildman–Crippen LogP) is 5.40. The summed E-state index contributed by atoms with van der Waals surface area (Å²) < 4.78 is 12.6. The fourth-order valence-electron chi connectivity index (χ4n) is 6.92. The molecule has 0 amide bonds. The number of carbonyl (C=O) groups is 2. The van der Waals surface area contributed by atoms with Gasteiger partial charge in [-0.15, -0.1) is 0 Å². The van der Waals surface area contributed by atoms with Crippen molar-refractivity contribution in [2.24, 2.45) is 11.3 Å². The Morgan fingerprint density at radius 3 is 2.91 bits per heavy atom. The number of fused-ring (bicyclic) bond motifs is 4. The molecule has 1 aromatic heterocycles. The summed E-state index contributed by atoms with van der Waals surface area (Å²) in [5.41, 5.74) is 3.17. The number of hydrogen-bond acceptors (Lipinski definition) is 5. The van der Waals surface area contributed by atoms with Crippen molar-refractivity contribution < 1.29 is 19.1 Å². The van der Waals surface area contributed by atoms with Crippen molar-refractivity contribution in [3.05, 3.63) is 65.2 Å². The summed E-state index contributed by atoms with van der Waals surface area (Å²) in [5.74, 6) is 1.17. The summed E-state index contributed by atoms with van der Waals surface area (Å²) in [4.78, 5) is 28.8. The molecule has 2 saturated carbocycles. The molecule has 0 saturated heterocycles. The molecule has 0 N–H and O–H groups in total. The van der Waals surface area contributed by atoms with Gasteiger partial charge in [0.05, 0.1) is 5.57 Å².